The first kappa shape index (κ1) is 11.3. The van der Waals surface area contributed by atoms with Crippen LogP contribution >= 0.6 is 22.9 Å². The van der Waals surface area contributed by atoms with Crippen molar-refractivity contribution < 1.29 is 13.2 Å². The Morgan fingerprint density at radius 3 is 2.57 bits per heavy atom. The van der Waals surface area contributed by atoms with Crippen molar-refractivity contribution in [2.24, 2.45) is 0 Å². The zero-order chi connectivity index (χ0) is 10.8. The Labute approximate surface area is 86.6 Å². The number of rotatable bonds is 3. The van der Waals surface area contributed by atoms with Gasteiger partial charge in [-0.1, -0.05) is 29.5 Å². The van der Waals surface area contributed by atoms with Crippen LogP contribution < -0.4 is 5.32 Å². The summed E-state index contributed by atoms with van der Waals surface area (Å²) >= 11 is 5.83. The van der Waals surface area contributed by atoms with Crippen molar-refractivity contribution in [1.82, 2.24) is 10.2 Å². The summed E-state index contributed by atoms with van der Waals surface area (Å²) in [5.74, 6) is 0. The van der Waals surface area contributed by atoms with Crippen molar-refractivity contribution >= 4 is 28.1 Å². The maximum absolute atomic E-state index is 12.0. The van der Waals surface area contributed by atoms with E-state index in [4.69, 9.17) is 11.6 Å². The highest BCUT2D eigenvalue weighted by molar-refractivity contribution is 7.15. The van der Waals surface area contributed by atoms with Gasteiger partial charge in [0.25, 0.3) is 0 Å². The fourth-order valence-corrected chi connectivity index (χ4v) is 1.25. The van der Waals surface area contributed by atoms with Gasteiger partial charge in [0.2, 0.25) is 10.1 Å². The Hall–Kier alpha value is -0.820. The summed E-state index contributed by atoms with van der Waals surface area (Å²) in [7, 11) is 0. The summed E-state index contributed by atoms with van der Waals surface area (Å²) < 4.78 is 36.1. The van der Waals surface area contributed by atoms with Crippen molar-refractivity contribution in [3.63, 3.8) is 0 Å². The molecular weight excluding hydrogens is 239 g/mol. The van der Waals surface area contributed by atoms with Gasteiger partial charge < -0.3 is 5.32 Å². The first-order chi connectivity index (χ1) is 6.39. The highest BCUT2D eigenvalue weighted by atomic mass is 35.5. The van der Waals surface area contributed by atoms with Crippen LogP contribution in [0.25, 0.3) is 0 Å². The van der Waals surface area contributed by atoms with E-state index in [0.717, 1.165) is 0 Å². The van der Waals surface area contributed by atoms with Gasteiger partial charge in [-0.3, -0.25) is 0 Å². The zero-order valence-electron chi connectivity index (χ0n) is 6.73. The molecule has 1 aromatic rings. The number of hydrogen-bond acceptors (Lipinski definition) is 4. The molecule has 0 radical (unpaired) electrons. The third-order valence-corrected chi connectivity index (χ3v) is 2.16. The van der Waals surface area contributed by atoms with Crippen LogP contribution in [0.3, 0.4) is 0 Å². The minimum atomic E-state index is -4.45. The van der Waals surface area contributed by atoms with Crippen LogP contribution in [-0.4, -0.2) is 16.7 Å². The molecule has 1 heterocycles. The van der Waals surface area contributed by atoms with E-state index in [1.807, 2.05) is 0 Å². The van der Waals surface area contributed by atoms with Crippen LogP contribution in [0.1, 0.15) is 5.01 Å². The maximum Gasteiger partial charge on any atom is 0.445 e. The number of nitrogens with zero attached hydrogens (tertiary/aromatic N) is 2. The Kier molecular flexibility index (Phi) is 3.33. The minimum absolute atomic E-state index is 0.0686. The Morgan fingerprint density at radius 2 is 2.14 bits per heavy atom. The second-order valence-corrected chi connectivity index (χ2v) is 3.79. The summed E-state index contributed by atoms with van der Waals surface area (Å²) in [5.41, 5.74) is 0. The average molecular weight is 244 g/mol. The van der Waals surface area contributed by atoms with E-state index in [1.54, 1.807) is 0 Å². The van der Waals surface area contributed by atoms with E-state index in [-0.39, 0.29) is 16.7 Å². The molecule has 0 saturated heterocycles. The molecule has 8 heteroatoms. The van der Waals surface area contributed by atoms with Gasteiger partial charge in [0.05, 0.1) is 6.54 Å². The van der Waals surface area contributed by atoms with E-state index in [9.17, 15) is 13.2 Å². The van der Waals surface area contributed by atoms with E-state index >= 15 is 0 Å². The molecule has 0 aliphatic rings. The van der Waals surface area contributed by atoms with Gasteiger partial charge in [0.1, 0.15) is 0 Å². The third kappa shape index (κ3) is 3.15. The topological polar surface area (TPSA) is 37.8 Å². The van der Waals surface area contributed by atoms with Gasteiger partial charge in [-0.2, -0.15) is 13.2 Å². The molecule has 14 heavy (non-hydrogen) atoms. The van der Waals surface area contributed by atoms with E-state index in [1.165, 1.54) is 0 Å². The van der Waals surface area contributed by atoms with E-state index < -0.39 is 11.2 Å². The largest absolute Gasteiger partial charge is 0.445 e. The SMILES string of the molecule is C=C(Cl)CNc1nnc(C(F)(F)F)s1. The molecule has 0 atom stereocenters. The van der Waals surface area contributed by atoms with Gasteiger partial charge in [-0.15, -0.1) is 10.2 Å². The molecule has 0 amide bonds. The first-order valence-corrected chi connectivity index (χ1v) is 4.57. The number of anilines is 1. The number of alkyl halides is 3. The normalized spacial score (nSPS) is 11.4. The van der Waals surface area contributed by atoms with Crippen LogP contribution in [0.4, 0.5) is 18.3 Å². The van der Waals surface area contributed by atoms with Crippen molar-refractivity contribution in [3.05, 3.63) is 16.6 Å². The molecule has 1 N–H and O–H groups in total. The van der Waals surface area contributed by atoms with Gasteiger partial charge in [0, 0.05) is 5.03 Å². The lowest BCUT2D eigenvalue weighted by atomic mass is 10.6. The molecule has 1 rings (SSSR count). The number of halogens is 4. The molecule has 0 aliphatic heterocycles. The molecular formula is C6H5ClF3N3S. The zero-order valence-corrected chi connectivity index (χ0v) is 8.30. The van der Waals surface area contributed by atoms with Crippen LogP contribution in [0.2, 0.25) is 0 Å². The van der Waals surface area contributed by atoms with Crippen LogP contribution in [0, 0.1) is 0 Å². The number of aromatic nitrogens is 2. The quantitative estimate of drug-likeness (QED) is 0.887. The maximum atomic E-state index is 12.0. The number of nitrogens with one attached hydrogen (secondary N) is 1. The van der Waals surface area contributed by atoms with Crippen LogP contribution in [0.5, 0.6) is 0 Å². The third-order valence-electron chi connectivity index (χ3n) is 1.10. The summed E-state index contributed by atoms with van der Waals surface area (Å²) in [6.45, 7) is 3.52. The van der Waals surface area contributed by atoms with Crippen molar-refractivity contribution in [3.8, 4) is 0 Å². The standard InChI is InChI=1S/C6H5ClF3N3S/c1-3(7)2-11-5-13-12-4(14-5)6(8,9)10/h1-2H2,(H,11,13). The summed E-state index contributed by atoms with van der Waals surface area (Å²) in [6.07, 6.45) is -4.45. The lowest BCUT2D eigenvalue weighted by Crippen LogP contribution is -2.03. The fourth-order valence-electron chi connectivity index (χ4n) is 0.581. The van der Waals surface area contributed by atoms with E-state index in [0.29, 0.717) is 11.3 Å². The van der Waals surface area contributed by atoms with Gasteiger partial charge in [0.15, 0.2) is 0 Å². The fraction of sp³-hybridized carbons (Fsp3) is 0.333. The van der Waals surface area contributed by atoms with Crippen LogP contribution in [0.15, 0.2) is 11.6 Å². The number of hydrogen-bond donors (Lipinski definition) is 1. The molecule has 1 aromatic heterocycles. The smallest absolute Gasteiger partial charge is 0.355 e. The summed E-state index contributed by atoms with van der Waals surface area (Å²) in [6, 6.07) is 0. The molecule has 0 spiro atoms. The molecule has 3 nitrogen and oxygen atoms in total. The second kappa shape index (κ2) is 4.14. The second-order valence-electron chi connectivity index (χ2n) is 2.28. The van der Waals surface area contributed by atoms with Gasteiger partial charge >= 0.3 is 6.18 Å². The Balaban J connectivity index is 2.64. The molecule has 0 aliphatic carbocycles. The first-order valence-electron chi connectivity index (χ1n) is 3.37. The molecule has 0 unspecified atom stereocenters. The lowest BCUT2D eigenvalue weighted by Gasteiger charge is -1.98. The molecule has 0 fully saturated rings. The summed E-state index contributed by atoms with van der Waals surface area (Å²) in [4.78, 5) is 0. The predicted molar refractivity (Wildman–Crippen MR) is 48.4 cm³/mol. The molecule has 0 saturated carbocycles. The van der Waals surface area contributed by atoms with Gasteiger partial charge in [-0.05, 0) is 0 Å². The van der Waals surface area contributed by atoms with Gasteiger partial charge in [-0.25, -0.2) is 0 Å². The Bertz CT molecular complexity index is 335. The predicted octanol–water partition coefficient (Wildman–Crippen LogP) is 2.72. The van der Waals surface area contributed by atoms with E-state index in [2.05, 4.69) is 22.1 Å². The highest BCUT2D eigenvalue weighted by Gasteiger charge is 2.35. The highest BCUT2D eigenvalue weighted by Crippen LogP contribution is 2.32. The Morgan fingerprint density at radius 1 is 1.50 bits per heavy atom. The molecule has 0 aromatic carbocycles. The van der Waals surface area contributed by atoms with Crippen LogP contribution in [-0.2, 0) is 6.18 Å². The van der Waals surface area contributed by atoms with Crippen molar-refractivity contribution in [2.45, 2.75) is 6.18 Å². The monoisotopic (exact) mass is 243 g/mol. The van der Waals surface area contributed by atoms with Crippen molar-refractivity contribution in [2.75, 3.05) is 11.9 Å². The molecule has 78 valence electrons. The minimum Gasteiger partial charge on any atom is -0.355 e. The average Bonchev–Trinajstić information content (AvgIpc) is 2.47. The summed E-state index contributed by atoms with van der Waals surface area (Å²) in [5, 5.41) is 8.18. The van der Waals surface area contributed by atoms with Crippen molar-refractivity contribution in [1.29, 1.82) is 0 Å². The lowest BCUT2D eigenvalue weighted by molar-refractivity contribution is -0.138. The molecule has 0 bridgehead atoms.